The zero-order chi connectivity index (χ0) is 19.9. The molecule has 1 N–H and O–H groups in total. The normalized spacial score (nSPS) is 11.9. The molecule has 3 nitrogen and oxygen atoms in total. The fraction of sp³-hybridized carbons (Fsp3) is 0.286. The Morgan fingerprint density at radius 1 is 1.07 bits per heavy atom. The highest BCUT2D eigenvalue weighted by Gasteiger charge is 2.28. The quantitative estimate of drug-likeness (QED) is 0.662. The highest BCUT2D eigenvalue weighted by Crippen LogP contribution is 2.28. The number of nitrogens with zero attached hydrogens (tertiary/aromatic N) is 1. The first-order chi connectivity index (χ1) is 12.6. The minimum absolute atomic E-state index is 0.241. The van der Waals surface area contributed by atoms with Crippen LogP contribution in [0.4, 0.5) is 13.2 Å². The maximum absolute atomic E-state index is 12.7. The van der Waals surface area contributed by atoms with E-state index < -0.39 is 18.6 Å². The molecule has 0 unspecified atom stereocenters. The number of aromatic nitrogens is 1. The summed E-state index contributed by atoms with van der Waals surface area (Å²) in [6.07, 6.45) is -3.36. The predicted octanol–water partition coefficient (Wildman–Crippen LogP) is 5.42. The standard InChI is InChI=1S/C21H20F3NO2/c1-12-4-5-17(20(26)27)14(3)18(12)11-25-7-6-16-9-15(10-21(22,23)24)8-13(2)19(16)25/h4-9H,10-11H2,1-3H3,(H,26,27). The van der Waals surface area contributed by atoms with E-state index in [1.54, 1.807) is 44.2 Å². The third-order valence-electron chi connectivity index (χ3n) is 4.91. The Hall–Kier alpha value is -2.76. The summed E-state index contributed by atoms with van der Waals surface area (Å²) in [6.45, 7) is 5.97. The average molecular weight is 375 g/mol. The fourth-order valence-corrected chi connectivity index (χ4v) is 3.65. The number of hydrogen-bond acceptors (Lipinski definition) is 1. The summed E-state index contributed by atoms with van der Waals surface area (Å²) < 4.78 is 40.1. The van der Waals surface area contributed by atoms with E-state index >= 15 is 0 Å². The molecule has 3 rings (SSSR count). The second-order valence-corrected chi connectivity index (χ2v) is 6.92. The van der Waals surface area contributed by atoms with Gasteiger partial charge in [0.05, 0.1) is 17.5 Å². The molecule has 0 spiro atoms. The van der Waals surface area contributed by atoms with E-state index in [9.17, 15) is 23.1 Å². The van der Waals surface area contributed by atoms with Crippen molar-refractivity contribution in [2.24, 2.45) is 0 Å². The summed E-state index contributed by atoms with van der Waals surface area (Å²) in [5.74, 6) is -0.973. The molecule has 0 aliphatic heterocycles. The summed E-state index contributed by atoms with van der Waals surface area (Å²) in [5.41, 5.74) is 4.72. The molecule has 3 aromatic rings. The molecular weight excluding hydrogens is 355 g/mol. The molecule has 0 amide bonds. The maximum Gasteiger partial charge on any atom is 0.393 e. The zero-order valence-electron chi connectivity index (χ0n) is 15.3. The number of hydrogen-bond donors (Lipinski definition) is 1. The highest BCUT2D eigenvalue weighted by molar-refractivity contribution is 5.90. The van der Waals surface area contributed by atoms with Crippen molar-refractivity contribution in [1.29, 1.82) is 0 Å². The van der Waals surface area contributed by atoms with Crippen molar-refractivity contribution in [1.82, 2.24) is 4.57 Å². The van der Waals surface area contributed by atoms with Crippen LogP contribution in [0.3, 0.4) is 0 Å². The Bertz CT molecular complexity index is 1030. The maximum atomic E-state index is 12.7. The van der Waals surface area contributed by atoms with E-state index in [0.29, 0.717) is 12.1 Å². The summed E-state index contributed by atoms with van der Waals surface area (Å²) >= 11 is 0. The molecule has 0 bridgehead atoms. The topological polar surface area (TPSA) is 42.2 Å². The smallest absolute Gasteiger partial charge is 0.393 e. The Balaban J connectivity index is 2.05. The van der Waals surface area contributed by atoms with Gasteiger partial charge in [0.25, 0.3) is 0 Å². The van der Waals surface area contributed by atoms with Gasteiger partial charge in [0, 0.05) is 18.1 Å². The van der Waals surface area contributed by atoms with E-state index in [0.717, 1.165) is 27.6 Å². The zero-order valence-corrected chi connectivity index (χ0v) is 15.3. The van der Waals surface area contributed by atoms with Gasteiger partial charge in [-0.1, -0.05) is 12.1 Å². The van der Waals surface area contributed by atoms with Gasteiger partial charge in [-0.3, -0.25) is 0 Å². The third-order valence-corrected chi connectivity index (χ3v) is 4.91. The van der Waals surface area contributed by atoms with E-state index in [1.807, 2.05) is 17.7 Å². The molecule has 6 heteroatoms. The van der Waals surface area contributed by atoms with Gasteiger partial charge in [-0.2, -0.15) is 13.2 Å². The minimum atomic E-state index is -4.24. The third kappa shape index (κ3) is 3.84. The van der Waals surface area contributed by atoms with Gasteiger partial charge in [0.2, 0.25) is 0 Å². The van der Waals surface area contributed by atoms with E-state index in [1.165, 1.54) is 0 Å². The van der Waals surface area contributed by atoms with Crippen LogP contribution in [-0.2, 0) is 13.0 Å². The second-order valence-electron chi connectivity index (χ2n) is 6.92. The van der Waals surface area contributed by atoms with Gasteiger partial charge in [0.1, 0.15) is 0 Å². The summed E-state index contributed by atoms with van der Waals surface area (Å²) in [7, 11) is 0. The van der Waals surface area contributed by atoms with Crippen LogP contribution in [0.15, 0.2) is 36.5 Å². The molecule has 0 saturated heterocycles. The van der Waals surface area contributed by atoms with Gasteiger partial charge in [-0.25, -0.2) is 4.79 Å². The number of aryl methyl sites for hydroxylation is 2. The van der Waals surface area contributed by atoms with Crippen molar-refractivity contribution in [3.63, 3.8) is 0 Å². The summed E-state index contributed by atoms with van der Waals surface area (Å²) in [4.78, 5) is 11.4. The number of alkyl halides is 3. The van der Waals surface area contributed by atoms with Crippen LogP contribution in [0.25, 0.3) is 10.9 Å². The van der Waals surface area contributed by atoms with Crippen LogP contribution in [0, 0.1) is 20.8 Å². The van der Waals surface area contributed by atoms with Gasteiger partial charge < -0.3 is 9.67 Å². The van der Waals surface area contributed by atoms with E-state index in [-0.39, 0.29) is 11.1 Å². The number of carboxylic acid groups (broad SMARTS) is 1. The van der Waals surface area contributed by atoms with Crippen molar-refractivity contribution in [3.05, 3.63) is 69.9 Å². The Morgan fingerprint density at radius 2 is 1.78 bits per heavy atom. The lowest BCUT2D eigenvalue weighted by Gasteiger charge is -2.15. The molecule has 0 saturated carbocycles. The lowest BCUT2D eigenvalue weighted by molar-refractivity contribution is -0.127. The van der Waals surface area contributed by atoms with Gasteiger partial charge in [-0.15, -0.1) is 0 Å². The van der Waals surface area contributed by atoms with Crippen molar-refractivity contribution in [3.8, 4) is 0 Å². The largest absolute Gasteiger partial charge is 0.478 e. The minimum Gasteiger partial charge on any atom is -0.478 e. The molecule has 0 atom stereocenters. The Morgan fingerprint density at radius 3 is 2.41 bits per heavy atom. The van der Waals surface area contributed by atoms with E-state index in [4.69, 9.17) is 0 Å². The molecule has 1 aromatic heterocycles. The number of benzene rings is 2. The molecule has 0 radical (unpaired) electrons. The van der Waals surface area contributed by atoms with Crippen molar-refractivity contribution >= 4 is 16.9 Å². The average Bonchev–Trinajstić information content (AvgIpc) is 2.92. The number of rotatable bonds is 4. The highest BCUT2D eigenvalue weighted by atomic mass is 19.4. The van der Waals surface area contributed by atoms with Crippen LogP contribution >= 0.6 is 0 Å². The number of fused-ring (bicyclic) bond motifs is 1. The van der Waals surface area contributed by atoms with Gasteiger partial charge in [0.15, 0.2) is 0 Å². The molecule has 1 heterocycles. The molecule has 0 aliphatic carbocycles. The predicted molar refractivity (Wildman–Crippen MR) is 98.4 cm³/mol. The van der Waals surface area contributed by atoms with Gasteiger partial charge >= 0.3 is 12.1 Å². The second kappa shape index (κ2) is 6.76. The summed E-state index contributed by atoms with van der Waals surface area (Å²) in [5, 5.41) is 10.1. The van der Waals surface area contributed by atoms with Crippen LogP contribution < -0.4 is 0 Å². The van der Waals surface area contributed by atoms with Crippen LogP contribution in [-0.4, -0.2) is 21.8 Å². The molecule has 27 heavy (non-hydrogen) atoms. The number of halogens is 3. The first-order valence-corrected chi connectivity index (χ1v) is 8.54. The SMILES string of the molecule is Cc1ccc(C(=O)O)c(C)c1Cn1ccc2cc(CC(F)(F)F)cc(C)c21. The molecule has 0 aliphatic rings. The van der Waals surface area contributed by atoms with Crippen LogP contribution in [0.1, 0.15) is 38.2 Å². The molecule has 142 valence electrons. The van der Waals surface area contributed by atoms with E-state index in [2.05, 4.69) is 0 Å². The van der Waals surface area contributed by atoms with Crippen molar-refractivity contribution < 1.29 is 23.1 Å². The first kappa shape index (κ1) is 19.0. The Labute approximate surface area is 155 Å². The van der Waals surface area contributed by atoms with Gasteiger partial charge in [-0.05, 0) is 66.8 Å². The number of carbonyl (C=O) groups is 1. The number of carboxylic acids is 1. The molecular formula is C21H20F3NO2. The van der Waals surface area contributed by atoms with Crippen LogP contribution in [0.5, 0.6) is 0 Å². The first-order valence-electron chi connectivity index (χ1n) is 8.54. The molecule has 0 fully saturated rings. The Kier molecular flexibility index (Phi) is 4.76. The van der Waals surface area contributed by atoms with Crippen molar-refractivity contribution in [2.45, 2.75) is 39.9 Å². The summed E-state index contributed by atoms with van der Waals surface area (Å²) in [6, 6.07) is 8.32. The monoisotopic (exact) mass is 375 g/mol. The molecule has 2 aromatic carbocycles. The lowest BCUT2D eigenvalue weighted by atomic mass is 9.97. The fourth-order valence-electron chi connectivity index (χ4n) is 3.65. The number of aromatic carboxylic acids is 1. The van der Waals surface area contributed by atoms with Crippen molar-refractivity contribution in [2.75, 3.05) is 0 Å². The lowest BCUT2D eigenvalue weighted by Crippen LogP contribution is -2.12. The van der Waals surface area contributed by atoms with Crippen LogP contribution in [0.2, 0.25) is 0 Å².